The molecule has 0 amide bonds. The summed E-state index contributed by atoms with van der Waals surface area (Å²) >= 11 is 0. The molecule has 1 rings (SSSR count). The lowest BCUT2D eigenvalue weighted by molar-refractivity contribution is -0.231. The van der Waals surface area contributed by atoms with Crippen molar-refractivity contribution in [3.63, 3.8) is 0 Å². The first-order chi connectivity index (χ1) is 8.93. The number of aromatic amines is 1. The van der Waals surface area contributed by atoms with E-state index in [0.717, 1.165) is 6.07 Å². The van der Waals surface area contributed by atoms with Crippen molar-refractivity contribution in [3.8, 4) is 0 Å². The molecule has 112 valence electrons. The molecule has 0 aromatic carbocycles. The van der Waals surface area contributed by atoms with Gasteiger partial charge < -0.3 is 9.72 Å². The number of rotatable bonds is 2. The molecule has 0 saturated carbocycles. The number of nitrogens with one attached hydrogen (secondary N) is 1. The SMILES string of the molecule is Cc1ccc(C(=O)OC(C(C)(C)C)C(F)(F)F)c(=O)[nH]1. The van der Waals surface area contributed by atoms with Crippen molar-refractivity contribution in [2.45, 2.75) is 40.0 Å². The van der Waals surface area contributed by atoms with Crippen LogP contribution >= 0.6 is 0 Å². The molecular weight excluding hydrogens is 275 g/mol. The highest BCUT2D eigenvalue weighted by Gasteiger charge is 2.50. The van der Waals surface area contributed by atoms with Crippen LogP contribution in [0.25, 0.3) is 0 Å². The first kappa shape index (κ1) is 16.3. The van der Waals surface area contributed by atoms with Gasteiger partial charge in [0, 0.05) is 11.1 Å². The van der Waals surface area contributed by atoms with Crippen molar-refractivity contribution >= 4 is 5.97 Å². The van der Waals surface area contributed by atoms with Gasteiger partial charge in [0.25, 0.3) is 5.56 Å². The molecule has 7 heteroatoms. The van der Waals surface area contributed by atoms with Gasteiger partial charge in [0.15, 0.2) is 0 Å². The van der Waals surface area contributed by atoms with Crippen molar-refractivity contribution in [2.24, 2.45) is 5.41 Å². The van der Waals surface area contributed by atoms with Gasteiger partial charge in [-0.3, -0.25) is 4.79 Å². The fourth-order valence-electron chi connectivity index (χ4n) is 1.64. The summed E-state index contributed by atoms with van der Waals surface area (Å²) in [4.78, 5) is 25.6. The molecule has 0 aliphatic carbocycles. The van der Waals surface area contributed by atoms with Crippen LogP contribution in [0.15, 0.2) is 16.9 Å². The fourth-order valence-corrected chi connectivity index (χ4v) is 1.64. The number of halogens is 3. The highest BCUT2D eigenvalue weighted by molar-refractivity contribution is 5.89. The number of esters is 1. The standard InChI is InChI=1S/C13H16F3NO3/c1-7-5-6-8(9(18)17-7)10(19)20-11(12(2,3)4)13(14,15)16/h5-6,11H,1-4H3,(H,17,18). The summed E-state index contributed by atoms with van der Waals surface area (Å²) in [7, 11) is 0. The van der Waals surface area contributed by atoms with E-state index in [9.17, 15) is 22.8 Å². The second kappa shape index (κ2) is 5.30. The van der Waals surface area contributed by atoms with Crippen LogP contribution < -0.4 is 5.56 Å². The van der Waals surface area contributed by atoms with Crippen LogP contribution in [-0.4, -0.2) is 23.2 Å². The van der Waals surface area contributed by atoms with Crippen molar-refractivity contribution in [1.29, 1.82) is 0 Å². The molecule has 0 spiro atoms. The molecule has 0 bridgehead atoms. The topological polar surface area (TPSA) is 59.2 Å². The highest BCUT2D eigenvalue weighted by atomic mass is 19.4. The minimum absolute atomic E-state index is 0.450. The largest absolute Gasteiger partial charge is 0.448 e. The van der Waals surface area contributed by atoms with Gasteiger partial charge in [0.05, 0.1) is 0 Å². The number of pyridine rings is 1. The van der Waals surface area contributed by atoms with Crippen LogP contribution in [0.5, 0.6) is 0 Å². The molecule has 1 N–H and O–H groups in total. The molecule has 1 heterocycles. The van der Waals surface area contributed by atoms with Crippen molar-refractivity contribution in [3.05, 3.63) is 33.7 Å². The molecule has 1 aromatic rings. The maximum Gasteiger partial charge on any atom is 0.426 e. The minimum atomic E-state index is -4.70. The zero-order chi connectivity index (χ0) is 15.7. The third-order valence-corrected chi connectivity index (χ3v) is 2.58. The number of ether oxygens (including phenoxy) is 1. The molecule has 0 aliphatic heterocycles. The maximum atomic E-state index is 12.9. The molecular formula is C13H16F3NO3. The van der Waals surface area contributed by atoms with E-state index < -0.39 is 34.8 Å². The van der Waals surface area contributed by atoms with Crippen molar-refractivity contribution < 1.29 is 22.7 Å². The van der Waals surface area contributed by atoms with E-state index in [1.54, 1.807) is 6.92 Å². The number of aryl methyl sites for hydroxylation is 1. The quantitative estimate of drug-likeness (QED) is 0.852. The number of alkyl halides is 3. The first-order valence-electron chi connectivity index (χ1n) is 5.90. The average Bonchev–Trinajstić information content (AvgIpc) is 2.22. The van der Waals surface area contributed by atoms with E-state index in [1.807, 2.05) is 0 Å². The third-order valence-electron chi connectivity index (χ3n) is 2.58. The first-order valence-corrected chi connectivity index (χ1v) is 5.90. The Hall–Kier alpha value is -1.79. The van der Waals surface area contributed by atoms with Gasteiger partial charge in [-0.25, -0.2) is 4.79 Å². The van der Waals surface area contributed by atoms with Crippen LogP contribution in [0.4, 0.5) is 13.2 Å². The van der Waals surface area contributed by atoms with Gasteiger partial charge in [-0.05, 0) is 19.1 Å². The van der Waals surface area contributed by atoms with Crippen molar-refractivity contribution in [2.75, 3.05) is 0 Å². The zero-order valence-electron chi connectivity index (χ0n) is 11.6. The van der Waals surface area contributed by atoms with E-state index in [-0.39, 0.29) is 0 Å². The van der Waals surface area contributed by atoms with Gasteiger partial charge in [0.1, 0.15) is 5.56 Å². The monoisotopic (exact) mass is 291 g/mol. The summed E-state index contributed by atoms with van der Waals surface area (Å²) in [5, 5.41) is 0. The van der Waals surface area contributed by atoms with Gasteiger partial charge in [-0.1, -0.05) is 20.8 Å². The molecule has 4 nitrogen and oxygen atoms in total. The summed E-state index contributed by atoms with van der Waals surface area (Å²) < 4.78 is 43.2. The Morgan fingerprint density at radius 3 is 2.20 bits per heavy atom. The Morgan fingerprint density at radius 2 is 1.80 bits per heavy atom. The molecule has 0 fully saturated rings. The summed E-state index contributed by atoms with van der Waals surface area (Å²) in [5.41, 5.74) is -2.06. The predicted octanol–water partition coefficient (Wildman–Crippen LogP) is 2.82. The molecule has 0 aliphatic rings. The summed E-state index contributed by atoms with van der Waals surface area (Å²) in [6, 6.07) is 2.56. The summed E-state index contributed by atoms with van der Waals surface area (Å²) in [6.45, 7) is 5.50. The Kier molecular flexibility index (Phi) is 4.31. The van der Waals surface area contributed by atoms with Gasteiger partial charge in [0.2, 0.25) is 6.10 Å². The second-order valence-corrected chi connectivity index (χ2v) is 5.58. The normalized spacial score (nSPS) is 13.9. The molecule has 1 unspecified atom stereocenters. The lowest BCUT2D eigenvalue weighted by Gasteiger charge is -2.31. The summed E-state index contributed by atoms with van der Waals surface area (Å²) in [6.07, 6.45) is -6.99. The van der Waals surface area contributed by atoms with Crippen LogP contribution in [0.1, 0.15) is 36.8 Å². The predicted molar refractivity (Wildman–Crippen MR) is 66.5 cm³/mol. The Balaban J connectivity index is 3.06. The number of hydrogen-bond acceptors (Lipinski definition) is 3. The van der Waals surface area contributed by atoms with Crippen LogP contribution in [-0.2, 0) is 4.74 Å². The van der Waals surface area contributed by atoms with Crippen LogP contribution in [0.2, 0.25) is 0 Å². The van der Waals surface area contributed by atoms with E-state index in [1.165, 1.54) is 26.8 Å². The third kappa shape index (κ3) is 3.85. The average molecular weight is 291 g/mol. The smallest absolute Gasteiger partial charge is 0.426 e. The van der Waals surface area contributed by atoms with Crippen LogP contribution in [0, 0.1) is 12.3 Å². The van der Waals surface area contributed by atoms with Crippen molar-refractivity contribution in [1.82, 2.24) is 4.98 Å². The second-order valence-electron chi connectivity index (χ2n) is 5.58. The lowest BCUT2D eigenvalue weighted by Crippen LogP contribution is -2.44. The highest BCUT2D eigenvalue weighted by Crippen LogP contribution is 2.36. The van der Waals surface area contributed by atoms with Gasteiger partial charge in [-0.15, -0.1) is 0 Å². The number of H-pyrrole nitrogens is 1. The van der Waals surface area contributed by atoms with E-state index in [2.05, 4.69) is 9.72 Å². The van der Waals surface area contributed by atoms with E-state index in [4.69, 9.17) is 0 Å². The van der Waals surface area contributed by atoms with Gasteiger partial charge in [-0.2, -0.15) is 13.2 Å². The molecule has 0 radical (unpaired) electrons. The van der Waals surface area contributed by atoms with E-state index in [0.29, 0.717) is 5.69 Å². The molecule has 1 atom stereocenters. The van der Waals surface area contributed by atoms with E-state index >= 15 is 0 Å². The summed E-state index contributed by atoms with van der Waals surface area (Å²) in [5.74, 6) is -1.29. The number of carbonyl (C=O) groups is 1. The Bertz CT molecular complexity index is 541. The number of hydrogen-bond donors (Lipinski definition) is 1. The Labute approximate surface area is 114 Å². The van der Waals surface area contributed by atoms with Gasteiger partial charge >= 0.3 is 12.1 Å². The number of carbonyl (C=O) groups excluding carboxylic acids is 1. The molecule has 0 saturated heterocycles. The zero-order valence-corrected chi connectivity index (χ0v) is 11.6. The molecule has 1 aromatic heterocycles. The lowest BCUT2D eigenvalue weighted by atomic mass is 9.88. The minimum Gasteiger partial charge on any atom is -0.448 e. The molecule has 20 heavy (non-hydrogen) atoms. The fraction of sp³-hybridized carbons (Fsp3) is 0.538. The maximum absolute atomic E-state index is 12.9. The number of aromatic nitrogens is 1. The Morgan fingerprint density at radius 1 is 1.25 bits per heavy atom. The van der Waals surface area contributed by atoms with Crippen LogP contribution in [0.3, 0.4) is 0 Å².